The summed E-state index contributed by atoms with van der Waals surface area (Å²) < 4.78 is 19.4. The fourth-order valence-electron chi connectivity index (χ4n) is 1.65. The van der Waals surface area contributed by atoms with E-state index in [-0.39, 0.29) is 16.3 Å². The van der Waals surface area contributed by atoms with E-state index in [0.29, 0.717) is 15.8 Å². The molecule has 104 valence electrons. The van der Waals surface area contributed by atoms with Gasteiger partial charge in [-0.3, -0.25) is 0 Å². The van der Waals surface area contributed by atoms with E-state index in [4.69, 9.17) is 21.4 Å². The van der Waals surface area contributed by atoms with Gasteiger partial charge in [0.25, 0.3) is 0 Å². The SMILES string of the molecule is Cc1cc(Oc2cc(F)c(Cl)cc2Br)ccc1C(=O)O. The van der Waals surface area contributed by atoms with E-state index in [9.17, 15) is 9.18 Å². The highest BCUT2D eigenvalue weighted by Crippen LogP contribution is 2.34. The van der Waals surface area contributed by atoms with E-state index in [2.05, 4.69) is 15.9 Å². The van der Waals surface area contributed by atoms with Crippen LogP contribution >= 0.6 is 27.5 Å². The van der Waals surface area contributed by atoms with Gasteiger partial charge in [-0.15, -0.1) is 0 Å². The van der Waals surface area contributed by atoms with Gasteiger partial charge >= 0.3 is 5.97 Å². The molecule has 0 atom stereocenters. The third kappa shape index (κ3) is 3.11. The van der Waals surface area contributed by atoms with E-state index in [0.717, 1.165) is 6.07 Å². The van der Waals surface area contributed by atoms with Crippen LogP contribution in [-0.2, 0) is 0 Å². The Kier molecular flexibility index (Phi) is 4.30. The minimum Gasteiger partial charge on any atom is -0.478 e. The molecule has 2 aromatic carbocycles. The molecule has 2 rings (SSSR count). The molecule has 0 saturated carbocycles. The summed E-state index contributed by atoms with van der Waals surface area (Å²) in [6.07, 6.45) is 0. The van der Waals surface area contributed by atoms with Crippen LogP contribution in [0.25, 0.3) is 0 Å². The predicted octanol–water partition coefficient (Wildman–Crippen LogP) is 5.04. The standard InChI is InChI=1S/C14H9BrClFO3/c1-7-4-8(2-3-9(7)14(18)19)20-13-6-12(17)11(16)5-10(13)15/h2-6H,1H3,(H,18,19). The van der Waals surface area contributed by atoms with E-state index in [1.54, 1.807) is 13.0 Å². The molecule has 0 unspecified atom stereocenters. The molecule has 0 fully saturated rings. The molecular weight excluding hydrogens is 351 g/mol. The van der Waals surface area contributed by atoms with E-state index < -0.39 is 11.8 Å². The van der Waals surface area contributed by atoms with Crippen molar-refractivity contribution in [2.75, 3.05) is 0 Å². The molecule has 0 radical (unpaired) electrons. The Hall–Kier alpha value is -1.59. The molecule has 0 aliphatic carbocycles. The highest BCUT2D eigenvalue weighted by molar-refractivity contribution is 9.10. The number of carboxylic acid groups (broad SMARTS) is 1. The fraction of sp³-hybridized carbons (Fsp3) is 0.0714. The number of ether oxygens (including phenoxy) is 1. The lowest BCUT2D eigenvalue weighted by molar-refractivity contribution is 0.0696. The Balaban J connectivity index is 2.33. The molecule has 20 heavy (non-hydrogen) atoms. The zero-order valence-electron chi connectivity index (χ0n) is 10.3. The number of halogens is 3. The van der Waals surface area contributed by atoms with Crippen molar-refractivity contribution in [3.05, 3.63) is 56.8 Å². The second kappa shape index (κ2) is 5.81. The summed E-state index contributed by atoms with van der Waals surface area (Å²) in [7, 11) is 0. The van der Waals surface area contributed by atoms with Gasteiger partial charge in [0.2, 0.25) is 0 Å². The van der Waals surface area contributed by atoms with Crippen molar-refractivity contribution in [1.29, 1.82) is 0 Å². The summed E-state index contributed by atoms with van der Waals surface area (Å²) in [6, 6.07) is 7.07. The first-order valence-corrected chi connectivity index (χ1v) is 6.72. The maximum absolute atomic E-state index is 13.4. The van der Waals surface area contributed by atoms with Crippen molar-refractivity contribution in [2.24, 2.45) is 0 Å². The quantitative estimate of drug-likeness (QED) is 0.781. The molecule has 3 nitrogen and oxygen atoms in total. The normalized spacial score (nSPS) is 10.4. The lowest BCUT2D eigenvalue weighted by Crippen LogP contribution is -1.99. The number of hydrogen-bond acceptors (Lipinski definition) is 2. The molecule has 0 aliphatic rings. The Morgan fingerprint density at radius 2 is 2.05 bits per heavy atom. The Bertz CT molecular complexity index is 688. The van der Waals surface area contributed by atoms with Crippen LogP contribution in [0.15, 0.2) is 34.8 Å². The van der Waals surface area contributed by atoms with Gasteiger partial charge in [-0.05, 0) is 52.7 Å². The maximum Gasteiger partial charge on any atom is 0.335 e. The highest BCUT2D eigenvalue weighted by Gasteiger charge is 2.11. The van der Waals surface area contributed by atoms with Gasteiger partial charge in [0.15, 0.2) is 0 Å². The average molecular weight is 360 g/mol. The molecule has 2 aromatic rings. The maximum atomic E-state index is 13.4. The third-order valence-corrected chi connectivity index (χ3v) is 3.54. The van der Waals surface area contributed by atoms with Gasteiger partial charge < -0.3 is 9.84 Å². The molecular formula is C14H9BrClFO3. The summed E-state index contributed by atoms with van der Waals surface area (Å²) >= 11 is 8.87. The predicted molar refractivity (Wildman–Crippen MR) is 77.3 cm³/mol. The van der Waals surface area contributed by atoms with Crippen LogP contribution in [0.3, 0.4) is 0 Å². The molecule has 0 aromatic heterocycles. The molecule has 0 saturated heterocycles. The lowest BCUT2D eigenvalue weighted by atomic mass is 10.1. The van der Waals surface area contributed by atoms with Crippen molar-refractivity contribution < 1.29 is 19.0 Å². The first-order valence-electron chi connectivity index (χ1n) is 5.55. The minimum absolute atomic E-state index is 0.0124. The van der Waals surface area contributed by atoms with Gasteiger partial charge in [-0.25, -0.2) is 9.18 Å². The Morgan fingerprint density at radius 3 is 2.65 bits per heavy atom. The van der Waals surface area contributed by atoms with Crippen LogP contribution in [0, 0.1) is 12.7 Å². The second-order valence-corrected chi connectivity index (χ2v) is 5.34. The van der Waals surface area contributed by atoms with Crippen molar-refractivity contribution in [3.8, 4) is 11.5 Å². The van der Waals surface area contributed by atoms with E-state index in [1.165, 1.54) is 18.2 Å². The molecule has 0 aliphatic heterocycles. The van der Waals surface area contributed by atoms with Crippen LogP contribution in [0.5, 0.6) is 11.5 Å². The van der Waals surface area contributed by atoms with Gasteiger partial charge in [0, 0.05) is 6.07 Å². The molecule has 6 heteroatoms. The monoisotopic (exact) mass is 358 g/mol. The number of carboxylic acids is 1. The summed E-state index contributed by atoms with van der Waals surface area (Å²) in [6.45, 7) is 1.66. The minimum atomic E-state index is -1.01. The van der Waals surface area contributed by atoms with Crippen LogP contribution in [-0.4, -0.2) is 11.1 Å². The average Bonchev–Trinajstić information content (AvgIpc) is 2.35. The molecule has 0 bridgehead atoms. The zero-order valence-corrected chi connectivity index (χ0v) is 12.6. The largest absolute Gasteiger partial charge is 0.478 e. The second-order valence-electron chi connectivity index (χ2n) is 4.08. The van der Waals surface area contributed by atoms with Crippen molar-refractivity contribution in [3.63, 3.8) is 0 Å². The summed E-state index contributed by atoms with van der Waals surface area (Å²) in [5.41, 5.74) is 0.749. The molecule has 1 N–H and O–H groups in total. The molecule has 0 spiro atoms. The van der Waals surface area contributed by atoms with Crippen LogP contribution in [0.2, 0.25) is 5.02 Å². The Labute approximate surface area is 128 Å². The Morgan fingerprint density at radius 1 is 1.35 bits per heavy atom. The van der Waals surface area contributed by atoms with Crippen molar-refractivity contribution >= 4 is 33.5 Å². The summed E-state index contributed by atoms with van der Waals surface area (Å²) in [5.74, 6) is -0.930. The van der Waals surface area contributed by atoms with E-state index >= 15 is 0 Å². The van der Waals surface area contributed by atoms with Gasteiger partial charge in [0.05, 0.1) is 15.1 Å². The number of aryl methyl sites for hydroxylation is 1. The first kappa shape index (κ1) is 14.8. The topological polar surface area (TPSA) is 46.5 Å². The summed E-state index contributed by atoms with van der Waals surface area (Å²) in [5, 5.41) is 8.93. The number of rotatable bonds is 3. The highest BCUT2D eigenvalue weighted by atomic mass is 79.9. The molecule has 0 amide bonds. The van der Waals surface area contributed by atoms with Gasteiger partial charge in [0.1, 0.15) is 17.3 Å². The van der Waals surface area contributed by atoms with Gasteiger partial charge in [-0.2, -0.15) is 0 Å². The van der Waals surface area contributed by atoms with E-state index in [1.807, 2.05) is 0 Å². The molecule has 0 heterocycles. The number of aromatic carboxylic acids is 1. The fourth-order valence-corrected chi connectivity index (χ4v) is 2.37. The number of benzene rings is 2. The van der Waals surface area contributed by atoms with Crippen LogP contribution in [0.4, 0.5) is 4.39 Å². The number of carbonyl (C=O) groups is 1. The van der Waals surface area contributed by atoms with Crippen LogP contribution < -0.4 is 4.74 Å². The van der Waals surface area contributed by atoms with Crippen LogP contribution in [0.1, 0.15) is 15.9 Å². The number of hydrogen-bond donors (Lipinski definition) is 1. The smallest absolute Gasteiger partial charge is 0.335 e. The van der Waals surface area contributed by atoms with Crippen molar-refractivity contribution in [2.45, 2.75) is 6.92 Å². The lowest BCUT2D eigenvalue weighted by Gasteiger charge is -2.10. The van der Waals surface area contributed by atoms with Gasteiger partial charge in [-0.1, -0.05) is 11.6 Å². The first-order chi connectivity index (χ1) is 9.38. The van der Waals surface area contributed by atoms with Crippen molar-refractivity contribution in [1.82, 2.24) is 0 Å². The zero-order chi connectivity index (χ0) is 14.9. The summed E-state index contributed by atoms with van der Waals surface area (Å²) in [4.78, 5) is 10.9. The third-order valence-electron chi connectivity index (χ3n) is 2.63.